The molecule has 0 saturated heterocycles. The fourth-order valence-corrected chi connectivity index (χ4v) is 3.96. The maximum Gasteiger partial charge on any atom is 0.00788 e. The molecular formula is C19H29N. The van der Waals surface area contributed by atoms with Crippen LogP contribution in [0.2, 0.25) is 0 Å². The van der Waals surface area contributed by atoms with Crippen molar-refractivity contribution in [3.8, 4) is 0 Å². The van der Waals surface area contributed by atoms with Crippen LogP contribution < -0.4 is 5.32 Å². The van der Waals surface area contributed by atoms with E-state index in [1.807, 2.05) is 0 Å². The van der Waals surface area contributed by atoms with Gasteiger partial charge in [0, 0.05) is 6.04 Å². The highest BCUT2D eigenvalue weighted by Gasteiger charge is 2.30. The van der Waals surface area contributed by atoms with Crippen LogP contribution in [0.4, 0.5) is 0 Å². The molecule has 0 radical (unpaired) electrons. The van der Waals surface area contributed by atoms with Gasteiger partial charge in [0.2, 0.25) is 0 Å². The molecule has 3 rings (SSSR count). The third-order valence-electron chi connectivity index (χ3n) is 5.65. The maximum absolute atomic E-state index is 3.82. The minimum atomic E-state index is 0.782. The Morgan fingerprint density at radius 3 is 2.25 bits per heavy atom. The smallest absolute Gasteiger partial charge is 0.00788 e. The minimum absolute atomic E-state index is 0.782. The molecule has 1 aromatic carbocycles. The van der Waals surface area contributed by atoms with Crippen LogP contribution in [0.1, 0.15) is 63.4 Å². The lowest BCUT2D eigenvalue weighted by molar-refractivity contribution is 0.228. The molecule has 0 aliphatic heterocycles. The molecule has 0 aromatic heterocycles. The zero-order chi connectivity index (χ0) is 13.8. The Morgan fingerprint density at radius 2 is 1.60 bits per heavy atom. The summed E-state index contributed by atoms with van der Waals surface area (Å²) in [5.41, 5.74) is 1.54. The lowest BCUT2D eigenvalue weighted by Gasteiger charge is -2.38. The Kier molecular flexibility index (Phi) is 4.77. The Morgan fingerprint density at radius 1 is 0.950 bits per heavy atom. The summed E-state index contributed by atoms with van der Waals surface area (Å²) in [6.07, 6.45) is 9.94. The summed E-state index contributed by atoms with van der Waals surface area (Å²) < 4.78 is 0. The molecule has 110 valence electrons. The van der Waals surface area contributed by atoms with Crippen LogP contribution in [0.25, 0.3) is 0 Å². The van der Waals surface area contributed by atoms with E-state index in [0.717, 1.165) is 23.8 Å². The number of hydrogen-bond acceptors (Lipinski definition) is 1. The topological polar surface area (TPSA) is 12.0 Å². The second kappa shape index (κ2) is 6.76. The fraction of sp³-hybridized carbons (Fsp3) is 0.684. The van der Waals surface area contributed by atoms with Crippen LogP contribution in [0, 0.1) is 11.8 Å². The molecule has 20 heavy (non-hydrogen) atoms. The minimum Gasteiger partial charge on any atom is -0.314 e. The third kappa shape index (κ3) is 3.44. The summed E-state index contributed by atoms with van der Waals surface area (Å²) in [4.78, 5) is 0. The summed E-state index contributed by atoms with van der Waals surface area (Å²) in [5, 5.41) is 3.82. The van der Waals surface area contributed by atoms with Crippen molar-refractivity contribution in [2.24, 2.45) is 11.8 Å². The van der Waals surface area contributed by atoms with E-state index in [9.17, 15) is 0 Å². The Bertz CT molecular complexity index is 385. The zero-order valence-corrected chi connectivity index (χ0v) is 12.9. The molecule has 1 N–H and O–H groups in total. The molecule has 0 spiro atoms. The molecule has 2 aliphatic carbocycles. The average molecular weight is 271 g/mol. The first-order valence-electron chi connectivity index (χ1n) is 8.63. The SMILES string of the molecule is CCC1CCC(CNC2CC(c3ccccc3)C2)CC1. The van der Waals surface area contributed by atoms with Gasteiger partial charge in [0.1, 0.15) is 0 Å². The van der Waals surface area contributed by atoms with Gasteiger partial charge in [-0.25, -0.2) is 0 Å². The van der Waals surface area contributed by atoms with Crippen LogP contribution in [0.5, 0.6) is 0 Å². The molecule has 2 fully saturated rings. The van der Waals surface area contributed by atoms with Crippen molar-refractivity contribution in [3.05, 3.63) is 35.9 Å². The van der Waals surface area contributed by atoms with Crippen molar-refractivity contribution in [1.82, 2.24) is 5.32 Å². The number of nitrogens with one attached hydrogen (secondary N) is 1. The highest BCUT2D eigenvalue weighted by atomic mass is 14.9. The van der Waals surface area contributed by atoms with Gasteiger partial charge in [0.05, 0.1) is 0 Å². The van der Waals surface area contributed by atoms with Crippen molar-refractivity contribution < 1.29 is 0 Å². The summed E-state index contributed by atoms with van der Waals surface area (Å²) in [7, 11) is 0. The standard InChI is InChI=1S/C19H29N/c1-2-15-8-10-16(11-9-15)14-20-19-12-18(13-19)17-6-4-3-5-7-17/h3-7,15-16,18-20H,2,8-14H2,1H3. The molecule has 0 unspecified atom stereocenters. The first-order valence-corrected chi connectivity index (χ1v) is 8.63. The number of benzene rings is 1. The molecule has 1 heteroatoms. The average Bonchev–Trinajstić information content (AvgIpc) is 2.47. The molecule has 0 atom stereocenters. The zero-order valence-electron chi connectivity index (χ0n) is 12.9. The third-order valence-corrected chi connectivity index (χ3v) is 5.65. The van der Waals surface area contributed by atoms with E-state index in [-0.39, 0.29) is 0 Å². The summed E-state index contributed by atoms with van der Waals surface area (Å²) >= 11 is 0. The van der Waals surface area contributed by atoms with Crippen molar-refractivity contribution in [2.45, 2.75) is 63.8 Å². The summed E-state index contributed by atoms with van der Waals surface area (Å²) in [6, 6.07) is 11.8. The lowest BCUT2D eigenvalue weighted by atomic mass is 9.75. The molecular weight excluding hydrogens is 242 g/mol. The van der Waals surface area contributed by atoms with Crippen molar-refractivity contribution >= 4 is 0 Å². The molecule has 0 heterocycles. The van der Waals surface area contributed by atoms with Gasteiger partial charge in [0.25, 0.3) is 0 Å². The predicted octanol–water partition coefficient (Wildman–Crippen LogP) is 4.74. The highest BCUT2D eigenvalue weighted by Crippen LogP contribution is 2.37. The quantitative estimate of drug-likeness (QED) is 0.815. The number of hydrogen-bond donors (Lipinski definition) is 1. The summed E-state index contributed by atoms with van der Waals surface area (Å²) in [6.45, 7) is 3.62. The van der Waals surface area contributed by atoms with E-state index in [0.29, 0.717) is 0 Å². The normalized spacial score (nSPS) is 33.6. The van der Waals surface area contributed by atoms with Crippen LogP contribution in [0.15, 0.2) is 30.3 Å². The van der Waals surface area contributed by atoms with Crippen LogP contribution in [-0.4, -0.2) is 12.6 Å². The van der Waals surface area contributed by atoms with Gasteiger partial charge >= 0.3 is 0 Å². The first kappa shape index (κ1) is 14.1. The van der Waals surface area contributed by atoms with Gasteiger partial charge < -0.3 is 5.32 Å². The van der Waals surface area contributed by atoms with Gasteiger partial charge in [-0.3, -0.25) is 0 Å². The second-order valence-electron chi connectivity index (χ2n) is 6.98. The maximum atomic E-state index is 3.82. The molecule has 1 nitrogen and oxygen atoms in total. The largest absolute Gasteiger partial charge is 0.314 e. The van der Waals surface area contributed by atoms with Gasteiger partial charge in [0.15, 0.2) is 0 Å². The van der Waals surface area contributed by atoms with Crippen LogP contribution in [-0.2, 0) is 0 Å². The van der Waals surface area contributed by atoms with E-state index >= 15 is 0 Å². The van der Waals surface area contributed by atoms with E-state index in [1.54, 1.807) is 0 Å². The van der Waals surface area contributed by atoms with E-state index in [1.165, 1.54) is 57.1 Å². The van der Waals surface area contributed by atoms with Gasteiger partial charge in [-0.05, 0) is 55.5 Å². The molecule has 1 aromatic rings. The van der Waals surface area contributed by atoms with E-state index in [2.05, 4.69) is 42.6 Å². The molecule has 0 amide bonds. The van der Waals surface area contributed by atoms with Gasteiger partial charge in [-0.2, -0.15) is 0 Å². The molecule has 0 bridgehead atoms. The Balaban J connectivity index is 1.34. The van der Waals surface area contributed by atoms with Crippen molar-refractivity contribution in [2.75, 3.05) is 6.54 Å². The summed E-state index contributed by atoms with van der Waals surface area (Å²) in [5.74, 6) is 2.79. The molecule has 2 saturated carbocycles. The van der Waals surface area contributed by atoms with Crippen LogP contribution in [0.3, 0.4) is 0 Å². The number of rotatable bonds is 5. The van der Waals surface area contributed by atoms with E-state index < -0.39 is 0 Å². The highest BCUT2D eigenvalue weighted by molar-refractivity contribution is 5.22. The first-order chi connectivity index (χ1) is 9.85. The fourth-order valence-electron chi connectivity index (χ4n) is 3.96. The monoisotopic (exact) mass is 271 g/mol. The molecule has 2 aliphatic rings. The lowest BCUT2D eigenvalue weighted by Crippen LogP contribution is -2.42. The van der Waals surface area contributed by atoms with Crippen molar-refractivity contribution in [1.29, 1.82) is 0 Å². The van der Waals surface area contributed by atoms with Gasteiger partial charge in [-0.1, -0.05) is 56.5 Å². The van der Waals surface area contributed by atoms with Gasteiger partial charge in [-0.15, -0.1) is 0 Å². The van der Waals surface area contributed by atoms with E-state index in [4.69, 9.17) is 0 Å². The second-order valence-corrected chi connectivity index (χ2v) is 6.98. The Hall–Kier alpha value is -0.820. The van der Waals surface area contributed by atoms with Crippen molar-refractivity contribution in [3.63, 3.8) is 0 Å². The Labute approximate surface area is 124 Å². The van der Waals surface area contributed by atoms with Crippen LogP contribution >= 0.6 is 0 Å². The predicted molar refractivity (Wildman–Crippen MR) is 85.9 cm³/mol.